The molecule has 0 amide bonds. The Hall–Kier alpha value is -0.940. The van der Waals surface area contributed by atoms with Crippen LogP contribution < -0.4 is 0 Å². The van der Waals surface area contributed by atoms with Crippen LogP contribution in [-0.4, -0.2) is 19.5 Å². The summed E-state index contributed by atoms with van der Waals surface area (Å²) < 4.78 is 28.8. The zero-order valence-corrected chi connectivity index (χ0v) is 11.8. The van der Waals surface area contributed by atoms with Gasteiger partial charge in [0, 0.05) is 6.20 Å². The van der Waals surface area contributed by atoms with Gasteiger partial charge in [-0.2, -0.15) is 8.42 Å². The summed E-state index contributed by atoms with van der Waals surface area (Å²) in [6, 6.07) is 4.75. The maximum absolute atomic E-state index is 11.8. The van der Waals surface area contributed by atoms with E-state index in [1.54, 1.807) is 19.1 Å². The molecule has 1 aromatic rings. The Balaban J connectivity index is 2.46. The topological polar surface area (TPSA) is 56.3 Å². The van der Waals surface area contributed by atoms with Crippen LogP contribution in [0.3, 0.4) is 0 Å². The fourth-order valence-electron chi connectivity index (χ4n) is 1.67. The van der Waals surface area contributed by atoms with Gasteiger partial charge in [-0.25, -0.2) is 4.98 Å². The number of aromatic nitrogens is 1. The Labute approximate surface area is 110 Å². The van der Waals surface area contributed by atoms with E-state index in [1.165, 1.54) is 25.1 Å². The number of pyridine rings is 1. The van der Waals surface area contributed by atoms with Crippen LogP contribution in [0.2, 0.25) is 0 Å². The molecule has 18 heavy (non-hydrogen) atoms. The molecule has 0 bridgehead atoms. The number of rotatable bonds is 8. The van der Waals surface area contributed by atoms with E-state index < -0.39 is 10.1 Å². The quantitative estimate of drug-likeness (QED) is 0.538. The molecule has 1 heterocycles. The summed E-state index contributed by atoms with van der Waals surface area (Å²) in [7, 11) is -3.71. The second-order valence-electron chi connectivity index (χ2n) is 4.38. The minimum Gasteiger partial charge on any atom is -0.262 e. The van der Waals surface area contributed by atoms with Crippen molar-refractivity contribution in [2.24, 2.45) is 0 Å². The van der Waals surface area contributed by atoms with E-state index >= 15 is 0 Å². The molecule has 4 nitrogen and oxygen atoms in total. The second kappa shape index (κ2) is 7.48. The Bertz CT molecular complexity index is 431. The first kappa shape index (κ1) is 15.1. The third kappa shape index (κ3) is 5.14. The maximum atomic E-state index is 11.8. The van der Waals surface area contributed by atoms with E-state index in [4.69, 9.17) is 4.18 Å². The first-order valence-electron chi connectivity index (χ1n) is 6.40. The van der Waals surface area contributed by atoms with Crippen LogP contribution >= 0.6 is 0 Å². The van der Waals surface area contributed by atoms with E-state index in [0.717, 1.165) is 19.3 Å². The highest BCUT2D eigenvalue weighted by Gasteiger charge is 2.19. The van der Waals surface area contributed by atoms with Crippen LogP contribution in [0.5, 0.6) is 0 Å². The lowest BCUT2D eigenvalue weighted by atomic mass is 10.1. The number of nitrogens with zero attached hydrogens (tertiary/aromatic N) is 1. The van der Waals surface area contributed by atoms with Gasteiger partial charge in [0.2, 0.25) is 0 Å². The predicted octanol–water partition coefficient (Wildman–Crippen LogP) is 3.15. The van der Waals surface area contributed by atoms with Gasteiger partial charge < -0.3 is 0 Å². The van der Waals surface area contributed by atoms with E-state index in [2.05, 4.69) is 11.9 Å². The third-order valence-electron chi connectivity index (χ3n) is 2.65. The standard InChI is InChI=1S/C13H21NO3S/c1-3-4-5-6-9-12(2)17-18(15,16)13-10-7-8-11-14-13/h7-8,10-12H,3-6,9H2,1-2H3/t12-/m0/s1. The van der Waals surface area contributed by atoms with Gasteiger partial charge in [0.25, 0.3) is 0 Å². The molecule has 1 aromatic heterocycles. The molecule has 0 saturated heterocycles. The van der Waals surface area contributed by atoms with Gasteiger partial charge in [-0.05, 0) is 25.5 Å². The molecule has 0 fully saturated rings. The van der Waals surface area contributed by atoms with Crippen molar-refractivity contribution in [1.82, 2.24) is 4.98 Å². The van der Waals surface area contributed by atoms with Crippen molar-refractivity contribution in [2.75, 3.05) is 0 Å². The summed E-state index contributed by atoms with van der Waals surface area (Å²) in [5.41, 5.74) is 0. The predicted molar refractivity (Wildman–Crippen MR) is 70.7 cm³/mol. The molecule has 1 atom stereocenters. The Morgan fingerprint density at radius 3 is 2.67 bits per heavy atom. The van der Waals surface area contributed by atoms with Crippen LogP contribution in [0.25, 0.3) is 0 Å². The van der Waals surface area contributed by atoms with Gasteiger partial charge in [-0.3, -0.25) is 4.18 Å². The van der Waals surface area contributed by atoms with Crippen molar-refractivity contribution < 1.29 is 12.6 Å². The molecule has 0 saturated carbocycles. The van der Waals surface area contributed by atoms with E-state index in [9.17, 15) is 8.42 Å². The van der Waals surface area contributed by atoms with Crippen LogP contribution in [0, 0.1) is 0 Å². The molecule has 0 radical (unpaired) electrons. The van der Waals surface area contributed by atoms with E-state index in [-0.39, 0.29) is 11.1 Å². The number of unbranched alkanes of at least 4 members (excludes halogenated alkanes) is 3. The van der Waals surface area contributed by atoms with Crippen molar-refractivity contribution >= 4 is 10.1 Å². The Morgan fingerprint density at radius 2 is 2.06 bits per heavy atom. The van der Waals surface area contributed by atoms with Gasteiger partial charge in [0.15, 0.2) is 5.03 Å². The van der Waals surface area contributed by atoms with Crippen molar-refractivity contribution in [2.45, 2.75) is 57.1 Å². The van der Waals surface area contributed by atoms with Gasteiger partial charge >= 0.3 is 10.1 Å². The lowest BCUT2D eigenvalue weighted by Crippen LogP contribution is -2.16. The summed E-state index contributed by atoms with van der Waals surface area (Å²) >= 11 is 0. The molecular formula is C13H21NO3S. The smallest absolute Gasteiger partial charge is 0.262 e. The maximum Gasteiger partial charge on any atom is 0.314 e. The second-order valence-corrected chi connectivity index (χ2v) is 5.90. The van der Waals surface area contributed by atoms with E-state index in [0.29, 0.717) is 0 Å². The van der Waals surface area contributed by atoms with Gasteiger partial charge in [-0.1, -0.05) is 38.7 Å². The zero-order valence-electron chi connectivity index (χ0n) is 11.0. The molecule has 0 aliphatic rings. The molecule has 0 unspecified atom stereocenters. The van der Waals surface area contributed by atoms with Crippen molar-refractivity contribution in [3.63, 3.8) is 0 Å². The molecule has 0 aliphatic heterocycles. The third-order valence-corrected chi connectivity index (χ3v) is 3.98. The summed E-state index contributed by atoms with van der Waals surface area (Å²) in [6.07, 6.45) is 6.37. The van der Waals surface area contributed by atoms with Crippen molar-refractivity contribution in [3.8, 4) is 0 Å². The van der Waals surface area contributed by atoms with Crippen molar-refractivity contribution in [1.29, 1.82) is 0 Å². The molecular weight excluding hydrogens is 250 g/mol. The minimum absolute atomic E-state index is 0.0228. The van der Waals surface area contributed by atoms with E-state index in [1.807, 2.05) is 0 Å². The fourth-order valence-corrected chi connectivity index (χ4v) is 2.73. The van der Waals surface area contributed by atoms with Crippen LogP contribution in [0.1, 0.15) is 46.0 Å². The Kier molecular flexibility index (Phi) is 6.29. The first-order chi connectivity index (χ1) is 8.56. The monoisotopic (exact) mass is 271 g/mol. The lowest BCUT2D eigenvalue weighted by molar-refractivity contribution is 0.213. The SMILES string of the molecule is CCCCCC[C@H](C)OS(=O)(=O)c1ccccn1. The van der Waals surface area contributed by atoms with Gasteiger partial charge in [0.05, 0.1) is 6.10 Å². The van der Waals surface area contributed by atoms with Crippen LogP contribution in [-0.2, 0) is 14.3 Å². The highest BCUT2D eigenvalue weighted by atomic mass is 32.2. The van der Waals surface area contributed by atoms with Crippen LogP contribution in [0.15, 0.2) is 29.4 Å². The minimum atomic E-state index is -3.71. The molecule has 0 aliphatic carbocycles. The molecule has 1 rings (SSSR count). The summed E-state index contributed by atoms with van der Waals surface area (Å²) in [5.74, 6) is 0. The van der Waals surface area contributed by atoms with Gasteiger partial charge in [-0.15, -0.1) is 0 Å². The largest absolute Gasteiger partial charge is 0.314 e. The molecule has 102 valence electrons. The van der Waals surface area contributed by atoms with Gasteiger partial charge in [0.1, 0.15) is 0 Å². The average molecular weight is 271 g/mol. The molecule has 0 aromatic carbocycles. The summed E-state index contributed by atoms with van der Waals surface area (Å²) in [6.45, 7) is 3.93. The Morgan fingerprint density at radius 1 is 1.28 bits per heavy atom. The summed E-state index contributed by atoms with van der Waals surface area (Å²) in [5, 5.41) is -0.0228. The number of hydrogen-bond acceptors (Lipinski definition) is 4. The summed E-state index contributed by atoms with van der Waals surface area (Å²) in [4.78, 5) is 3.80. The highest BCUT2D eigenvalue weighted by Crippen LogP contribution is 2.15. The normalized spacial score (nSPS) is 13.4. The fraction of sp³-hybridized carbons (Fsp3) is 0.615. The zero-order chi connectivity index (χ0) is 13.4. The number of hydrogen-bond donors (Lipinski definition) is 0. The van der Waals surface area contributed by atoms with Crippen LogP contribution in [0.4, 0.5) is 0 Å². The first-order valence-corrected chi connectivity index (χ1v) is 7.81. The molecule has 5 heteroatoms. The molecule has 0 spiro atoms. The highest BCUT2D eigenvalue weighted by molar-refractivity contribution is 7.86. The lowest BCUT2D eigenvalue weighted by Gasteiger charge is -2.12. The van der Waals surface area contributed by atoms with Crippen molar-refractivity contribution in [3.05, 3.63) is 24.4 Å². The average Bonchev–Trinajstić information content (AvgIpc) is 2.35. The molecule has 0 N–H and O–H groups in total.